The Balaban J connectivity index is 2.13. The number of fused-ring (bicyclic) bond motifs is 1. The molecule has 5 heteroatoms. The molecule has 16 heavy (non-hydrogen) atoms. The van der Waals surface area contributed by atoms with E-state index in [1.807, 2.05) is 12.1 Å². The van der Waals surface area contributed by atoms with E-state index in [1.54, 1.807) is 0 Å². The van der Waals surface area contributed by atoms with Gasteiger partial charge in [0.25, 0.3) is 0 Å². The number of nitrogens with zero attached hydrogens (tertiary/aromatic N) is 1. The molecule has 0 aliphatic carbocycles. The Morgan fingerprint density at radius 2 is 2.38 bits per heavy atom. The van der Waals surface area contributed by atoms with Gasteiger partial charge in [-0.15, -0.1) is 0 Å². The zero-order valence-electron chi connectivity index (χ0n) is 9.10. The van der Waals surface area contributed by atoms with E-state index in [4.69, 9.17) is 10.8 Å². The van der Waals surface area contributed by atoms with Gasteiger partial charge in [-0.1, -0.05) is 17.8 Å². The predicted molar refractivity (Wildman–Crippen MR) is 66.6 cm³/mol. The fraction of sp³-hybridized carbons (Fsp3) is 0.364. The van der Waals surface area contributed by atoms with Crippen LogP contribution in [-0.2, 0) is 0 Å². The van der Waals surface area contributed by atoms with Crippen molar-refractivity contribution < 1.29 is 5.11 Å². The number of nitrogens with one attached hydrogen (secondary N) is 1. The van der Waals surface area contributed by atoms with Gasteiger partial charge in [-0.05, 0) is 24.6 Å². The minimum atomic E-state index is -0.194. The van der Waals surface area contributed by atoms with E-state index in [9.17, 15) is 0 Å². The van der Waals surface area contributed by atoms with E-state index in [0.717, 1.165) is 16.2 Å². The van der Waals surface area contributed by atoms with Crippen LogP contribution in [0.25, 0.3) is 11.0 Å². The smallest absolute Gasteiger partial charge is 0.166 e. The number of aliphatic hydroxyl groups excluding tert-OH is 1. The maximum absolute atomic E-state index is 8.82. The number of aliphatic hydroxyl groups is 1. The summed E-state index contributed by atoms with van der Waals surface area (Å²) in [5, 5.41) is 9.67. The minimum absolute atomic E-state index is 0.00629. The Morgan fingerprint density at radius 3 is 3.12 bits per heavy atom. The molecule has 0 spiro atoms. The first-order valence-corrected chi connectivity index (χ1v) is 6.13. The summed E-state index contributed by atoms with van der Waals surface area (Å²) in [6.07, 6.45) is 0. The Morgan fingerprint density at radius 1 is 1.56 bits per heavy atom. The second-order valence-corrected chi connectivity index (χ2v) is 4.82. The van der Waals surface area contributed by atoms with Crippen LogP contribution in [0, 0.1) is 6.92 Å². The summed E-state index contributed by atoms with van der Waals surface area (Å²) in [6, 6.07) is 5.91. The van der Waals surface area contributed by atoms with Crippen molar-refractivity contribution in [1.82, 2.24) is 9.97 Å². The van der Waals surface area contributed by atoms with Gasteiger partial charge in [0.05, 0.1) is 17.6 Å². The molecule has 0 fully saturated rings. The lowest BCUT2D eigenvalue weighted by molar-refractivity contribution is 0.275. The standard InChI is InChI=1S/C11H15N3OS/c1-7-2-3-9-10(4-7)14-11(13-9)16-6-8(12)5-15/h2-4,8,15H,5-6,12H2,1H3,(H,13,14). The molecular weight excluding hydrogens is 222 g/mol. The zero-order chi connectivity index (χ0) is 11.5. The van der Waals surface area contributed by atoms with Crippen molar-refractivity contribution in [2.24, 2.45) is 5.73 Å². The van der Waals surface area contributed by atoms with Gasteiger partial charge in [-0.3, -0.25) is 0 Å². The van der Waals surface area contributed by atoms with E-state index < -0.39 is 0 Å². The molecule has 4 nitrogen and oxygen atoms in total. The lowest BCUT2D eigenvalue weighted by Crippen LogP contribution is -2.26. The fourth-order valence-electron chi connectivity index (χ4n) is 1.41. The number of thioether (sulfide) groups is 1. The van der Waals surface area contributed by atoms with E-state index in [-0.39, 0.29) is 12.6 Å². The average molecular weight is 237 g/mol. The molecule has 1 aromatic carbocycles. The van der Waals surface area contributed by atoms with Crippen LogP contribution < -0.4 is 5.73 Å². The third kappa shape index (κ3) is 2.55. The summed E-state index contributed by atoms with van der Waals surface area (Å²) in [5.41, 5.74) is 8.84. The van der Waals surface area contributed by atoms with Gasteiger partial charge in [0, 0.05) is 11.8 Å². The average Bonchev–Trinajstić information content (AvgIpc) is 2.67. The number of aromatic nitrogens is 2. The van der Waals surface area contributed by atoms with Gasteiger partial charge >= 0.3 is 0 Å². The van der Waals surface area contributed by atoms with Gasteiger partial charge in [-0.25, -0.2) is 4.98 Å². The molecule has 1 unspecified atom stereocenters. The monoisotopic (exact) mass is 237 g/mol. The number of hydrogen-bond donors (Lipinski definition) is 3. The van der Waals surface area contributed by atoms with Gasteiger partial charge in [0.1, 0.15) is 0 Å². The maximum atomic E-state index is 8.82. The molecule has 86 valence electrons. The van der Waals surface area contributed by atoms with Crippen LogP contribution in [0.15, 0.2) is 23.4 Å². The van der Waals surface area contributed by atoms with Crippen molar-refractivity contribution in [3.63, 3.8) is 0 Å². The van der Waals surface area contributed by atoms with Gasteiger partial charge < -0.3 is 15.8 Å². The molecule has 0 bridgehead atoms. The number of benzene rings is 1. The molecule has 1 aromatic heterocycles. The van der Waals surface area contributed by atoms with E-state index in [0.29, 0.717) is 5.75 Å². The molecule has 0 amide bonds. The van der Waals surface area contributed by atoms with Crippen LogP contribution in [-0.4, -0.2) is 33.5 Å². The molecule has 1 atom stereocenters. The molecule has 0 aliphatic rings. The third-order valence-corrected chi connectivity index (χ3v) is 3.35. The van der Waals surface area contributed by atoms with Crippen LogP contribution in [0.4, 0.5) is 0 Å². The first-order valence-electron chi connectivity index (χ1n) is 5.14. The number of aromatic amines is 1. The van der Waals surface area contributed by atoms with Crippen LogP contribution in [0.5, 0.6) is 0 Å². The second kappa shape index (κ2) is 4.86. The Hall–Kier alpha value is -1.04. The first-order chi connectivity index (χ1) is 7.69. The van der Waals surface area contributed by atoms with Crippen LogP contribution in [0.3, 0.4) is 0 Å². The molecule has 4 N–H and O–H groups in total. The summed E-state index contributed by atoms with van der Waals surface area (Å²) in [7, 11) is 0. The van der Waals surface area contributed by atoms with Crippen molar-refractivity contribution >= 4 is 22.8 Å². The van der Waals surface area contributed by atoms with E-state index in [1.165, 1.54) is 17.3 Å². The van der Waals surface area contributed by atoms with Crippen molar-refractivity contribution in [3.05, 3.63) is 23.8 Å². The molecule has 1 heterocycles. The Bertz CT molecular complexity index is 483. The summed E-state index contributed by atoms with van der Waals surface area (Å²) >= 11 is 1.53. The van der Waals surface area contributed by atoms with Crippen molar-refractivity contribution in [2.75, 3.05) is 12.4 Å². The maximum Gasteiger partial charge on any atom is 0.166 e. The topological polar surface area (TPSA) is 74.9 Å². The highest BCUT2D eigenvalue weighted by Crippen LogP contribution is 2.20. The normalized spacial score (nSPS) is 13.2. The highest BCUT2D eigenvalue weighted by Gasteiger charge is 2.06. The van der Waals surface area contributed by atoms with Crippen LogP contribution in [0.2, 0.25) is 0 Å². The van der Waals surface area contributed by atoms with Crippen LogP contribution in [0.1, 0.15) is 5.56 Å². The van der Waals surface area contributed by atoms with Gasteiger partial charge in [-0.2, -0.15) is 0 Å². The van der Waals surface area contributed by atoms with Crippen molar-refractivity contribution in [2.45, 2.75) is 18.1 Å². The lowest BCUT2D eigenvalue weighted by atomic mass is 10.2. The first kappa shape index (κ1) is 11.4. The number of H-pyrrole nitrogens is 1. The summed E-state index contributed by atoms with van der Waals surface area (Å²) in [5.74, 6) is 0.662. The van der Waals surface area contributed by atoms with Gasteiger partial charge in [0.15, 0.2) is 5.16 Å². The minimum Gasteiger partial charge on any atom is -0.395 e. The molecule has 0 saturated heterocycles. The second-order valence-electron chi connectivity index (χ2n) is 3.82. The number of nitrogens with two attached hydrogens (primary N) is 1. The summed E-state index contributed by atoms with van der Waals surface area (Å²) in [4.78, 5) is 7.66. The number of rotatable bonds is 4. The molecule has 2 rings (SSSR count). The SMILES string of the molecule is Cc1ccc2nc(SCC(N)CO)[nH]c2c1. The molecule has 0 saturated carbocycles. The third-order valence-electron chi connectivity index (χ3n) is 2.28. The number of imidazole rings is 1. The predicted octanol–water partition coefficient (Wildman–Crippen LogP) is 1.28. The summed E-state index contributed by atoms with van der Waals surface area (Å²) in [6.45, 7) is 2.06. The quantitative estimate of drug-likeness (QED) is 0.700. The highest BCUT2D eigenvalue weighted by molar-refractivity contribution is 7.99. The number of aryl methyl sites for hydroxylation is 1. The fourth-order valence-corrected chi connectivity index (χ4v) is 2.23. The highest BCUT2D eigenvalue weighted by atomic mass is 32.2. The van der Waals surface area contributed by atoms with E-state index >= 15 is 0 Å². The van der Waals surface area contributed by atoms with Crippen molar-refractivity contribution in [3.8, 4) is 0 Å². The molecule has 2 aromatic rings. The Labute approximate surface area is 98.3 Å². The zero-order valence-corrected chi connectivity index (χ0v) is 9.92. The molecular formula is C11H15N3OS. The largest absolute Gasteiger partial charge is 0.395 e. The molecule has 0 aliphatic heterocycles. The Kier molecular flexibility index (Phi) is 3.48. The number of hydrogen-bond acceptors (Lipinski definition) is 4. The summed E-state index contributed by atoms with van der Waals surface area (Å²) < 4.78 is 0. The van der Waals surface area contributed by atoms with Crippen LogP contribution >= 0.6 is 11.8 Å². The van der Waals surface area contributed by atoms with Crippen molar-refractivity contribution in [1.29, 1.82) is 0 Å². The lowest BCUT2D eigenvalue weighted by Gasteiger charge is -2.04. The van der Waals surface area contributed by atoms with E-state index in [2.05, 4.69) is 23.0 Å². The molecule has 0 radical (unpaired) electrons. The van der Waals surface area contributed by atoms with Gasteiger partial charge in [0.2, 0.25) is 0 Å².